The van der Waals surface area contributed by atoms with Gasteiger partial charge >= 0.3 is 5.97 Å². The normalized spacial score (nSPS) is 30.3. The Morgan fingerprint density at radius 3 is 2.45 bits per heavy atom. The lowest BCUT2D eigenvalue weighted by Gasteiger charge is -2.46. The standard InChI is InChI=1S/C30H48N2O5S/c1-9-14-32(29(7,8)19-28(4,5)6)26(35)24-30-20(3)18-21(38-30)22(27(36)37-17-10-2)23(30)25(34)31(24)15-12-11-13-16-33/h9-10,20-24,33H,1-2,11-19H2,3-8H3/t20?,21-,22+,23-,24?,30?/m0/s1. The van der Waals surface area contributed by atoms with E-state index in [1.54, 1.807) is 22.7 Å². The number of unbranched alkanes of at least 4 members (excludes halogenated alkanes) is 2. The highest BCUT2D eigenvalue weighted by atomic mass is 32.2. The molecule has 3 fully saturated rings. The molecule has 1 spiro atoms. The highest BCUT2D eigenvalue weighted by Crippen LogP contribution is 2.69. The van der Waals surface area contributed by atoms with Crippen molar-refractivity contribution in [3.8, 4) is 0 Å². The molecule has 3 rings (SSSR count). The van der Waals surface area contributed by atoms with Gasteiger partial charge in [-0.05, 0) is 57.3 Å². The number of nitrogens with zero attached hydrogens (tertiary/aromatic N) is 2. The van der Waals surface area contributed by atoms with Crippen LogP contribution in [0.3, 0.4) is 0 Å². The molecular weight excluding hydrogens is 500 g/mol. The van der Waals surface area contributed by atoms with Crippen LogP contribution in [0.5, 0.6) is 0 Å². The minimum atomic E-state index is -0.676. The van der Waals surface area contributed by atoms with Gasteiger partial charge in [0.1, 0.15) is 12.6 Å². The first-order valence-corrected chi connectivity index (χ1v) is 14.9. The number of likely N-dealkylation sites (tertiary alicyclic amines) is 1. The summed E-state index contributed by atoms with van der Waals surface area (Å²) in [7, 11) is 0. The Morgan fingerprint density at radius 1 is 1.18 bits per heavy atom. The summed E-state index contributed by atoms with van der Waals surface area (Å²) in [5.41, 5.74) is -0.468. The van der Waals surface area contributed by atoms with Gasteiger partial charge in [-0.1, -0.05) is 46.4 Å². The van der Waals surface area contributed by atoms with Crippen LogP contribution in [0.25, 0.3) is 0 Å². The van der Waals surface area contributed by atoms with Crippen LogP contribution in [0.2, 0.25) is 0 Å². The van der Waals surface area contributed by atoms with Crippen molar-refractivity contribution in [1.29, 1.82) is 0 Å². The lowest BCUT2D eigenvalue weighted by Crippen LogP contribution is -2.61. The predicted octanol–water partition coefficient (Wildman–Crippen LogP) is 4.44. The first-order chi connectivity index (χ1) is 17.8. The maximum Gasteiger partial charge on any atom is 0.311 e. The number of aliphatic hydroxyl groups excluding tert-OH is 1. The molecule has 1 N–H and O–H groups in total. The third-order valence-corrected chi connectivity index (χ3v) is 10.5. The van der Waals surface area contributed by atoms with Gasteiger partial charge in [-0.2, -0.15) is 0 Å². The van der Waals surface area contributed by atoms with Crippen molar-refractivity contribution >= 4 is 29.5 Å². The molecule has 8 heteroatoms. The maximum atomic E-state index is 14.7. The molecular formula is C30H48N2O5S. The summed E-state index contributed by atoms with van der Waals surface area (Å²) in [5.74, 6) is -1.57. The Kier molecular flexibility index (Phi) is 9.50. The molecule has 0 radical (unpaired) electrons. The van der Waals surface area contributed by atoms with Crippen LogP contribution in [-0.2, 0) is 19.1 Å². The minimum Gasteiger partial charge on any atom is -0.461 e. The van der Waals surface area contributed by atoms with Crippen LogP contribution in [0, 0.1) is 23.2 Å². The number of carbonyl (C=O) groups excluding carboxylic acids is 3. The molecule has 3 heterocycles. The summed E-state index contributed by atoms with van der Waals surface area (Å²) in [6, 6.07) is -0.657. The number of ether oxygens (including phenoxy) is 1. The van der Waals surface area contributed by atoms with Crippen molar-refractivity contribution in [3.05, 3.63) is 25.3 Å². The Balaban J connectivity index is 2.07. The number of fused-ring (bicyclic) bond motifs is 1. The van der Waals surface area contributed by atoms with Gasteiger partial charge in [-0.25, -0.2) is 0 Å². The minimum absolute atomic E-state index is 0.00659. The van der Waals surface area contributed by atoms with E-state index in [2.05, 4.69) is 54.7 Å². The van der Waals surface area contributed by atoms with Gasteiger partial charge in [0.15, 0.2) is 0 Å². The van der Waals surface area contributed by atoms with Crippen LogP contribution < -0.4 is 0 Å². The fraction of sp³-hybridized carbons (Fsp3) is 0.767. The van der Waals surface area contributed by atoms with Crippen molar-refractivity contribution in [2.75, 3.05) is 26.3 Å². The van der Waals surface area contributed by atoms with Gasteiger partial charge in [-0.15, -0.1) is 18.3 Å². The SMILES string of the molecule is C=CCOC(=O)[C@@H]1[C@@H]2CC(C)C3(S2)C(C(=O)N(CC=C)C(C)(C)CC(C)(C)C)N(CCCCCO)C(=O)[C@H]13. The molecule has 0 aromatic heterocycles. The number of hydrogen-bond acceptors (Lipinski definition) is 6. The van der Waals surface area contributed by atoms with Gasteiger partial charge in [0, 0.05) is 30.5 Å². The van der Waals surface area contributed by atoms with Gasteiger partial charge in [0.25, 0.3) is 0 Å². The smallest absolute Gasteiger partial charge is 0.311 e. The monoisotopic (exact) mass is 548 g/mol. The average molecular weight is 549 g/mol. The molecule has 2 bridgehead atoms. The highest BCUT2D eigenvalue weighted by Gasteiger charge is 2.76. The summed E-state index contributed by atoms with van der Waals surface area (Å²) in [6.45, 7) is 21.4. The number of esters is 1. The van der Waals surface area contributed by atoms with Gasteiger partial charge in [-0.3, -0.25) is 14.4 Å². The van der Waals surface area contributed by atoms with Crippen molar-refractivity contribution in [2.45, 2.75) is 95.2 Å². The second-order valence-corrected chi connectivity index (χ2v) is 14.6. The van der Waals surface area contributed by atoms with E-state index < -0.39 is 28.2 Å². The van der Waals surface area contributed by atoms with E-state index in [4.69, 9.17) is 4.74 Å². The second-order valence-electron chi connectivity index (χ2n) is 13.1. The maximum absolute atomic E-state index is 14.7. The number of amides is 2. The Bertz CT molecular complexity index is 928. The first-order valence-electron chi connectivity index (χ1n) is 14.1. The molecule has 3 unspecified atom stereocenters. The highest BCUT2D eigenvalue weighted by molar-refractivity contribution is 8.02. The van der Waals surface area contributed by atoms with E-state index in [1.807, 2.05) is 4.90 Å². The summed E-state index contributed by atoms with van der Waals surface area (Å²) in [4.78, 5) is 45.8. The molecule has 2 amide bonds. The summed E-state index contributed by atoms with van der Waals surface area (Å²) in [5, 5.41) is 9.23. The van der Waals surface area contributed by atoms with Crippen molar-refractivity contribution < 1.29 is 24.2 Å². The molecule has 7 nitrogen and oxygen atoms in total. The van der Waals surface area contributed by atoms with E-state index >= 15 is 0 Å². The van der Waals surface area contributed by atoms with E-state index in [0.29, 0.717) is 25.9 Å². The van der Waals surface area contributed by atoms with Gasteiger partial charge in [0.2, 0.25) is 11.8 Å². The number of thioether (sulfide) groups is 1. The number of carbonyl (C=O) groups is 3. The lowest BCUT2D eigenvalue weighted by molar-refractivity contribution is -0.153. The van der Waals surface area contributed by atoms with Crippen molar-refractivity contribution in [2.24, 2.45) is 23.2 Å². The number of aliphatic hydroxyl groups is 1. The number of rotatable bonds is 13. The third-order valence-electron chi connectivity index (χ3n) is 8.42. The first kappa shape index (κ1) is 30.7. The molecule has 0 aromatic carbocycles. The zero-order valence-corrected chi connectivity index (χ0v) is 25.0. The van der Waals surface area contributed by atoms with Crippen LogP contribution in [0.1, 0.15) is 73.6 Å². The Hall–Kier alpha value is -1.80. The third kappa shape index (κ3) is 5.58. The molecule has 3 aliphatic rings. The quantitative estimate of drug-likeness (QED) is 0.208. The molecule has 0 aliphatic carbocycles. The molecule has 6 atom stereocenters. The van der Waals surface area contributed by atoms with Gasteiger partial charge in [0.05, 0.1) is 16.6 Å². The number of hydrogen-bond donors (Lipinski definition) is 1. The molecule has 3 aliphatic heterocycles. The van der Waals surface area contributed by atoms with Crippen molar-refractivity contribution in [3.63, 3.8) is 0 Å². The zero-order chi connectivity index (χ0) is 28.5. The van der Waals surface area contributed by atoms with Crippen LogP contribution in [-0.4, -0.2) is 80.6 Å². The Labute approximate surface area is 233 Å². The molecule has 0 saturated carbocycles. The second kappa shape index (κ2) is 11.7. The molecule has 0 aromatic rings. The fourth-order valence-electron chi connectivity index (χ4n) is 7.42. The van der Waals surface area contributed by atoms with E-state index in [-0.39, 0.29) is 47.6 Å². The lowest BCUT2D eigenvalue weighted by atomic mass is 9.66. The average Bonchev–Trinajstić information content (AvgIpc) is 3.40. The van der Waals surface area contributed by atoms with Crippen LogP contribution in [0.4, 0.5) is 0 Å². The molecule has 3 saturated heterocycles. The predicted molar refractivity (Wildman–Crippen MR) is 153 cm³/mol. The van der Waals surface area contributed by atoms with E-state index in [1.165, 1.54) is 6.08 Å². The van der Waals surface area contributed by atoms with Crippen LogP contribution >= 0.6 is 11.8 Å². The summed E-state index contributed by atoms with van der Waals surface area (Å²) >= 11 is 1.67. The van der Waals surface area contributed by atoms with Crippen LogP contribution in [0.15, 0.2) is 25.3 Å². The molecule has 38 heavy (non-hydrogen) atoms. The fourth-order valence-corrected chi connectivity index (χ4v) is 9.82. The molecule has 214 valence electrons. The summed E-state index contributed by atoms with van der Waals surface area (Å²) in [6.07, 6.45) is 6.97. The zero-order valence-electron chi connectivity index (χ0n) is 24.2. The summed E-state index contributed by atoms with van der Waals surface area (Å²) < 4.78 is 4.80. The topological polar surface area (TPSA) is 87.2 Å². The van der Waals surface area contributed by atoms with E-state index in [9.17, 15) is 19.5 Å². The Morgan fingerprint density at radius 2 is 1.87 bits per heavy atom. The van der Waals surface area contributed by atoms with Crippen molar-refractivity contribution in [1.82, 2.24) is 9.80 Å². The van der Waals surface area contributed by atoms with Gasteiger partial charge < -0.3 is 19.6 Å². The van der Waals surface area contributed by atoms with E-state index in [0.717, 1.165) is 19.3 Å². The largest absolute Gasteiger partial charge is 0.461 e.